The van der Waals surface area contributed by atoms with Crippen molar-refractivity contribution in [3.8, 4) is 17.0 Å². The highest BCUT2D eigenvalue weighted by Crippen LogP contribution is 2.33. The molecule has 1 aliphatic heterocycles. The number of rotatable bonds is 8. The van der Waals surface area contributed by atoms with Crippen molar-refractivity contribution >= 4 is 22.6 Å². The zero-order chi connectivity index (χ0) is 26.1. The first-order chi connectivity index (χ1) is 17.9. The van der Waals surface area contributed by atoms with Gasteiger partial charge in [-0.2, -0.15) is 0 Å². The summed E-state index contributed by atoms with van der Waals surface area (Å²) in [7, 11) is 2.07. The number of para-hydroxylation sites is 1. The fourth-order valence-electron chi connectivity index (χ4n) is 5.47. The number of carbonyl (C=O) groups is 1. The molecule has 1 saturated heterocycles. The number of aromatic nitrogens is 2. The molecule has 37 heavy (non-hydrogen) atoms. The van der Waals surface area contributed by atoms with Crippen molar-refractivity contribution in [3.05, 3.63) is 81.8 Å². The molecule has 8 nitrogen and oxygen atoms in total. The summed E-state index contributed by atoms with van der Waals surface area (Å²) >= 11 is 0. The maximum atomic E-state index is 12.4. The number of hydrogen-bond acceptors (Lipinski definition) is 5. The van der Waals surface area contributed by atoms with E-state index < -0.39 is 22.8 Å². The molecule has 0 spiro atoms. The van der Waals surface area contributed by atoms with Gasteiger partial charge >= 0.3 is 5.97 Å². The van der Waals surface area contributed by atoms with Crippen LogP contribution in [0.3, 0.4) is 0 Å². The van der Waals surface area contributed by atoms with Gasteiger partial charge in [-0.15, -0.1) is 0 Å². The molecule has 0 saturated carbocycles. The number of nitrogens with zero attached hydrogens (tertiary/aromatic N) is 2. The summed E-state index contributed by atoms with van der Waals surface area (Å²) in [6.07, 6.45) is 2.72. The molecule has 0 bridgehead atoms. The van der Waals surface area contributed by atoms with E-state index in [0.717, 1.165) is 48.2 Å². The Kier molecular flexibility index (Phi) is 6.76. The van der Waals surface area contributed by atoms with Crippen molar-refractivity contribution in [2.75, 3.05) is 18.4 Å². The summed E-state index contributed by atoms with van der Waals surface area (Å²) in [6, 6.07) is 18.8. The topological polar surface area (TPSA) is 111 Å². The standard InChI is InChI=1S/C29H32N4O4/c1-3-23-26(31-28(35)25(27(23)34)29(36)37)18-11-12-24-19(14-18)15-22(32(24)2)17-33-13-7-10-21(33)16-30-20-8-5-4-6-9-20/h4-6,8-9,11-12,14-15,21,30H,3,7,10,13,16-17H2,1-2H3,(H,36,37)(H2,31,34,35). The summed E-state index contributed by atoms with van der Waals surface area (Å²) in [5.74, 6) is -1.91. The van der Waals surface area contributed by atoms with Crippen LogP contribution in [0.2, 0.25) is 0 Å². The van der Waals surface area contributed by atoms with Gasteiger partial charge in [-0.1, -0.05) is 31.2 Å². The van der Waals surface area contributed by atoms with Crippen molar-refractivity contribution in [1.29, 1.82) is 0 Å². The smallest absolute Gasteiger partial charge is 0.345 e. The highest BCUT2D eigenvalue weighted by Gasteiger charge is 2.26. The summed E-state index contributed by atoms with van der Waals surface area (Å²) < 4.78 is 2.20. The highest BCUT2D eigenvalue weighted by atomic mass is 16.4. The van der Waals surface area contributed by atoms with Crippen LogP contribution in [0.4, 0.5) is 5.69 Å². The normalized spacial score (nSPS) is 15.9. The lowest BCUT2D eigenvalue weighted by molar-refractivity contribution is 0.0691. The first-order valence-electron chi connectivity index (χ1n) is 12.7. The molecular weight excluding hydrogens is 468 g/mol. The van der Waals surface area contributed by atoms with Gasteiger partial charge in [0.25, 0.3) is 5.56 Å². The van der Waals surface area contributed by atoms with Crippen molar-refractivity contribution in [2.24, 2.45) is 7.05 Å². The number of hydrogen-bond donors (Lipinski definition) is 4. The largest absolute Gasteiger partial charge is 0.506 e. The van der Waals surface area contributed by atoms with Gasteiger partial charge in [-0.3, -0.25) is 9.69 Å². The van der Waals surface area contributed by atoms with Gasteiger partial charge in [-0.25, -0.2) is 4.79 Å². The molecule has 192 valence electrons. The van der Waals surface area contributed by atoms with Crippen LogP contribution in [0.5, 0.6) is 5.75 Å². The number of anilines is 1. The highest BCUT2D eigenvalue weighted by molar-refractivity contribution is 5.92. The Bertz CT molecular complexity index is 1510. The van der Waals surface area contributed by atoms with E-state index in [4.69, 9.17) is 0 Å². The monoisotopic (exact) mass is 500 g/mol. The number of H-pyrrole nitrogens is 1. The van der Waals surface area contributed by atoms with Crippen LogP contribution < -0.4 is 10.9 Å². The number of nitrogens with one attached hydrogen (secondary N) is 2. The van der Waals surface area contributed by atoms with Crippen molar-refractivity contribution in [3.63, 3.8) is 0 Å². The molecule has 4 aromatic rings. The summed E-state index contributed by atoms with van der Waals surface area (Å²) in [4.78, 5) is 29.1. The summed E-state index contributed by atoms with van der Waals surface area (Å²) in [6.45, 7) is 4.62. The van der Waals surface area contributed by atoms with Gasteiger partial charge in [0, 0.05) is 54.0 Å². The van der Waals surface area contributed by atoms with Crippen LogP contribution >= 0.6 is 0 Å². The number of aromatic carboxylic acids is 1. The third kappa shape index (κ3) is 4.72. The number of carboxylic acid groups (broad SMARTS) is 1. The lowest BCUT2D eigenvalue weighted by Crippen LogP contribution is -2.34. The molecular formula is C29H32N4O4. The second kappa shape index (κ2) is 10.1. The zero-order valence-corrected chi connectivity index (χ0v) is 21.1. The van der Waals surface area contributed by atoms with Crippen LogP contribution in [0.1, 0.15) is 41.4 Å². The molecule has 1 atom stereocenters. The number of likely N-dealkylation sites (tertiary alicyclic amines) is 1. The van der Waals surface area contributed by atoms with E-state index in [9.17, 15) is 19.8 Å². The van der Waals surface area contributed by atoms with E-state index in [0.29, 0.717) is 23.7 Å². The Hall–Kier alpha value is -4.04. The van der Waals surface area contributed by atoms with Gasteiger partial charge in [0.1, 0.15) is 5.75 Å². The molecule has 0 amide bonds. The average Bonchev–Trinajstić information content (AvgIpc) is 3.46. The van der Waals surface area contributed by atoms with E-state index >= 15 is 0 Å². The second-order valence-electron chi connectivity index (χ2n) is 9.67. The quantitative estimate of drug-likeness (QED) is 0.282. The Balaban J connectivity index is 1.42. The fourth-order valence-corrected chi connectivity index (χ4v) is 5.47. The second-order valence-corrected chi connectivity index (χ2v) is 9.67. The number of aryl methyl sites for hydroxylation is 1. The molecule has 1 aliphatic rings. The van der Waals surface area contributed by atoms with E-state index in [1.54, 1.807) is 0 Å². The SMILES string of the molecule is CCc1c(-c2ccc3c(c2)cc(CN2CCCC2CNc2ccccc2)n3C)[nH]c(=O)c(C(=O)O)c1O. The number of benzene rings is 2. The third-order valence-corrected chi connectivity index (χ3v) is 7.47. The Labute approximate surface area is 215 Å². The van der Waals surface area contributed by atoms with Crippen LogP contribution in [-0.2, 0) is 20.0 Å². The Morgan fingerprint density at radius 1 is 1.16 bits per heavy atom. The number of carboxylic acids is 1. The minimum atomic E-state index is -1.44. The Morgan fingerprint density at radius 2 is 1.95 bits per heavy atom. The number of aromatic amines is 1. The summed E-state index contributed by atoms with van der Waals surface area (Å²) in [5, 5.41) is 24.5. The number of fused-ring (bicyclic) bond motifs is 1. The van der Waals surface area contributed by atoms with Gasteiger partial charge in [0.2, 0.25) is 0 Å². The maximum Gasteiger partial charge on any atom is 0.345 e. The molecule has 0 aliphatic carbocycles. The molecule has 1 fully saturated rings. The molecule has 1 unspecified atom stereocenters. The molecule has 8 heteroatoms. The zero-order valence-electron chi connectivity index (χ0n) is 21.1. The first kappa shape index (κ1) is 24.6. The van der Waals surface area contributed by atoms with Crippen LogP contribution in [0.15, 0.2) is 59.4 Å². The summed E-state index contributed by atoms with van der Waals surface area (Å²) in [5.41, 5.74) is 3.58. The molecule has 4 N–H and O–H groups in total. The predicted molar refractivity (Wildman–Crippen MR) is 145 cm³/mol. The van der Waals surface area contributed by atoms with Gasteiger partial charge < -0.3 is 25.1 Å². The number of aromatic hydroxyl groups is 1. The van der Waals surface area contributed by atoms with E-state index in [2.05, 4.69) is 45.0 Å². The van der Waals surface area contributed by atoms with Gasteiger partial charge in [0.15, 0.2) is 5.56 Å². The fraction of sp³-hybridized carbons (Fsp3) is 0.310. The first-order valence-corrected chi connectivity index (χ1v) is 12.7. The van der Waals surface area contributed by atoms with Crippen molar-refractivity contribution in [2.45, 2.75) is 38.8 Å². The predicted octanol–water partition coefficient (Wildman–Crippen LogP) is 4.58. The molecule has 2 aromatic carbocycles. The van der Waals surface area contributed by atoms with Crippen LogP contribution in [-0.4, -0.2) is 49.8 Å². The maximum absolute atomic E-state index is 12.4. The van der Waals surface area contributed by atoms with E-state index in [1.165, 1.54) is 12.1 Å². The van der Waals surface area contributed by atoms with E-state index in [1.807, 2.05) is 43.3 Å². The van der Waals surface area contributed by atoms with Crippen molar-refractivity contribution < 1.29 is 15.0 Å². The van der Waals surface area contributed by atoms with Gasteiger partial charge in [-0.05, 0) is 61.7 Å². The van der Waals surface area contributed by atoms with Crippen LogP contribution in [0, 0.1) is 0 Å². The van der Waals surface area contributed by atoms with Gasteiger partial charge in [0.05, 0.1) is 5.69 Å². The van der Waals surface area contributed by atoms with Crippen LogP contribution in [0.25, 0.3) is 22.2 Å². The Morgan fingerprint density at radius 3 is 2.68 bits per heavy atom. The third-order valence-electron chi connectivity index (χ3n) is 7.47. The van der Waals surface area contributed by atoms with E-state index in [-0.39, 0.29) is 0 Å². The van der Waals surface area contributed by atoms with Crippen molar-refractivity contribution in [1.82, 2.24) is 14.5 Å². The lowest BCUT2D eigenvalue weighted by atomic mass is 9.99. The lowest BCUT2D eigenvalue weighted by Gasteiger charge is -2.25. The molecule has 2 aromatic heterocycles. The average molecular weight is 501 g/mol. The molecule has 0 radical (unpaired) electrons. The molecule has 5 rings (SSSR count). The minimum absolute atomic E-state index is 0.379. The minimum Gasteiger partial charge on any atom is -0.506 e. The molecule has 3 heterocycles. The number of pyridine rings is 1.